The normalized spacial score (nSPS) is 34.3. The second-order valence-electron chi connectivity index (χ2n) is 2.27. The Morgan fingerprint density at radius 3 is 2.14 bits per heavy atom. The smallest absolute Gasteiger partial charge is 0.0636 e. The second kappa shape index (κ2) is 1.17. The molecule has 0 unspecified atom stereocenters. The molecule has 0 aromatic carbocycles. The van der Waals surface area contributed by atoms with Crippen LogP contribution in [-0.2, 0) is 4.74 Å². The Morgan fingerprint density at radius 1 is 1.43 bits per heavy atom. The molecule has 0 bridgehead atoms. The van der Waals surface area contributed by atoms with E-state index in [1.165, 1.54) is 12.2 Å². The lowest BCUT2D eigenvalue weighted by Crippen LogP contribution is -2.52. The van der Waals surface area contributed by atoms with Gasteiger partial charge in [-0.25, -0.2) is 0 Å². The van der Waals surface area contributed by atoms with Gasteiger partial charge in [0.1, 0.15) is 0 Å². The molecule has 2 heteroatoms. The first-order valence-corrected chi connectivity index (χ1v) is 3.62. The Hall–Kier alpha value is 0.310. The first-order chi connectivity index (χ1) is 3.41. The third-order valence-corrected chi connectivity index (χ3v) is 3.16. The summed E-state index contributed by atoms with van der Waals surface area (Å²) in [5.74, 6) is 1.36. The van der Waals surface area contributed by atoms with Gasteiger partial charge in [-0.2, -0.15) is 11.8 Å². The first kappa shape index (κ1) is 4.21. The van der Waals surface area contributed by atoms with Gasteiger partial charge in [0.25, 0.3) is 0 Å². The van der Waals surface area contributed by atoms with Gasteiger partial charge in [-0.3, -0.25) is 0 Å². The zero-order chi connectivity index (χ0) is 4.74. The molecule has 2 saturated heterocycles. The average Bonchev–Trinajstić information content (AvgIpc) is 1.20. The maximum Gasteiger partial charge on any atom is 0.0636 e. The molecule has 7 heavy (non-hydrogen) atoms. The lowest BCUT2D eigenvalue weighted by atomic mass is 10.0. The van der Waals surface area contributed by atoms with E-state index in [1.54, 1.807) is 0 Å². The molecule has 0 saturated carbocycles. The van der Waals surface area contributed by atoms with Gasteiger partial charge in [0, 0.05) is 0 Å². The number of rotatable bonds is 0. The summed E-state index contributed by atoms with van der Waals surface area (Å²) in [5, 5.41) is 0. The van der Waals surface area contributed by atoms with Crippen LogP contribution < -0.4 is 0 Å². The molecule has 0 aromatic heterocycles. The Bertz CT molecular complexity index is 68.6. The molecule has 2 heterocycles. The molecule has 40 valence electrons. The summed E-state index contributed by atoms with van der Waals surface area (Å²) >= 11 is 2.07. The fourth-order valence-corrected chi connectivity index (χ4v) is 2.06. The Labute approximate surface area is 47.4 Å². The van der Waals surface area contributed by atoms with E-state index in [0.29, 0.717) is 4.75 Å². The van der Waals surface area contributed by atoms with E-state index >= 15 is 0 Å². The largest absolute Gasteiger partial charge is 0.378 e. The van der Waals surface area contributed by atoms with Gasteiger partial charge < -0.3 is 4.74 Å². The quantitative estimate of drug-likeness (QED) is 0.465. The molecule has 0 amide bonds. The van der Waals surface area contributed by atoms with Crippen LogP contribution in [0.3, 0.4) is 0 Å². The van der Waals surface area contributed by atoms with Crippen LogP contribution in [0, 0.1) is 0 Å². The van der Waals surface area contributed by atoms with E-state index in [4.69, 9.17) is 4.74 Å². The van der Waals surface area contributed by atoms with Crippen LogP contribution in [-0.4, -0.2) is 23.7 Å². The van der Waals surface area contributed by atoms with Crippen LogP contribution in [0.5, 0.6) is 0 Å². The Morgan fingerprint density at radius 2 is 2.14 bits per heavy atom. The predicted octanol–water partition coefficient (Wildman–Crippen LogP) is 0.892. The highest BCUT2D eigenvalue weighted by Crippen LogP contribution is 2.45. The summed E-state index contributed by atoms with van der Waals surface area (Å²) in [4.78, 5) is 0. The van der Waals surface area contributed by atoms with Crippen LogP contribution in [0.1, 0.15) is 6.42 Å². The number of hydrogen-bond acceptors (Lipinski definition) is 2. The minimum absolute atomic E-state index is 0.639. The molecule has 1 nitrogen and oxygen atoms in total. The van der Waals surface area contributed by atoms with Gasteiger partial charge in [0.2, 0.25) is 0 Å². The summed E-state index contributed by atoms with van der Waals surface area (Å²) < 4.78 is 5.70. The third kappa shape index (κ3) is 0.441. The van der Waals surface area contributed by atoms with Crippen molar-refractivity contribution >= 4 is 11.8 Å². The van der Waals surface area contributed by atoms with Crippen molar-refractivity contribution in [3.63, 3.8) is 0 Å². The number of thioether (sulfide) groups is 1. The van der Waals surface area contributed by atoms with Gasteiger partial charge in [0.15, 0.2) is 0 Å². The monoisotopic (exact) mass is 116 g/mol. The van der Waals surface area contributed by atoms with Crippen molar-refractivity contribution in [2.24, 2.45) is 0 Å². The van der Waals surface area contributed by atoms with Crippen LogP contribution in [0.2, 0.25) is 0 Å². The van der Waals surface area contributed by atoms with Crippen molar-refractivity contribution in [2.75, 3.05) is 19.0 Å². The van der Waals surface area contributed by atoms with Crippen LogP contribution in [0.25, 0.3) is 0 Å². The molecule has 0 aliphatic carbocycles. The van der Waals surface area contributed by atoms with E-state index in [0.717, 1.165) is 13.2 Å². The van der Waals surface area contributed by atoms with E-state index in [9.17, 15) is 0 Å². The molecule has 2 fully saturated rings. The zero-order valence-corrected chi connectivity index (χ0v) is 4.96. The lowest BCUT2D eigenvalue weighted by Gasteiger charge is -2.47. The van der Waals surface area contributed by atoms with Crippen molar-refractivity contribution in [2.45, 2.75) is 11.2 Å². The molecule has 2 rings (SSSR count). The fraction of sp³-hybridized carbons (Fsp3) is 1.00. The van der Waals surface area contributed by atoms with Crippen molar-refractivity contribution in [3.8, 4) is 0 Å². The van der Waals surface area contributed by atoms with Crippen molar-refractivity contribution in [1.29, 1.82) is 0 Å². The maximum atomic E-state index is 5.06. The van der Waals surface area contributed by atoms with E-state index < -0.39 is 0 Å². The van der Waals surface area contributed by atoms with Gasteiger partial charge in [0.05, 0.1) is 18.0 Å². The molecular formula is C5H8OS. The van der Waals surface area contributed by atoms with E-state index in [-0.39, 0.29) is 0 Å². The Balaban J connectivity index is 2.00. The molecule has 0 N–H and O–H groups in total. The highest BCUT2D eigenvalue weighted by atomic mass is 32.2. The highest BCUT2D eigenvalue weighted by molar-refractivity contribution is 8.02. The zero-order valence-electron chi connectivity index (χ0n) is 4.14. The molecule has 1 spiro atoms. The van der Waals surface area contributed by atoms with Crippen LogP contribution in [0.4, 0.5) is 0 Å². The van der Waals surface area contributed by atoms with Crippen molar-refractivity contribution < 1.29 is 4.74 Å². The van der Waals surface area contributed by atoms with E-state index in [2.05, 4.69) is 11.8 Å². The molecular weight excluding hydrogens is 108 g/mol. The topological polar surface area (TPSA) is 9.23 Å². The standard InChI is InChI=1S/C5H8OS/c1-2-7-5(1)3-6-4-5/h1-4H2. The molecule has 2 aliphatic heterocycles. The van der Waals surface area contributed by atoms with Crippen molar-refractivity contribution in [3.05, 3.63) is 0 Å². The molecule has 2 aliphatic rings. The van der Waals surface area contributed by atoms with Crippen LogP contribution in [0.15, 0.2) is 0 Å². The van der Waals surface area contributed by atoms with Gasteiger partial charge in [-0.1, -0.05) is 0 Å². The molecule has 0 aromatic rings. The van der Waals surface area contributed by atoms with Crippen LogP contribution >= 0.6 is 11.8 Å². The highest BCUT2D eigenvalue weighted by Gasteiger charge is 2.44. The van der Waals surface area contributed by atoms with Gasteiger partial charge in [-0.05, 0) is 12.2 Å². The molecule has 0 atom stereocenters. The third-order valence-electron chi connectivity index (χ3n) is 1.70. The lowest BCUT2D eigenvalue weighted by molar-refractivity contribution is -0.0159. The summed E-state index contributed by atoms with van der Waals surface area (Å²) in [5.41, 5.74) is 0. The minimum atomic E-state index is 0.639. The number of ether oxygens (including phenoxy) is 1. The second-order valence-corrected chi connectivity index (χ2v) is 3.84. The molecule has 0 radical (unpaired) electrons. The summed E-state index contributed by atoms with van der Waals surface area (Å²) in [6.45, 7) is 2.05. The summed E-state index contributed by atoms with van der Waals surface area (Å²) in [7, 11) is 0. The first-order valence-electron chi connectivity index (χ1n) is 2.63. The summed E-state index contributed by atoms with van der Waals surface area (Å²) in [6, 6.07) is 0. The van der Waals surface area contributed by atoms with Gasteiger partial charge in [-0.15, -0.1) is 0 Å². The Kier molecular flexibility index (Phi) is 0.707. The fourth-order valence-electron chi connectivity index (χ4n) is 0.948. The average molecular weight is 116 g/mol. The predicted molar refractivity (Wildman–Crippen MR) is 30.6 cm³/mol. The maximum absolute atomic E-state index is 5.06. The minimum Gasteiger partial charge on any atom is -0.378 e. The van der Waals surface area contributed by atoms with Gasteiger partial charge >= 0.3 is 0 Å². The van der Waals surface area contributed by atoms with Crippen molar-refractivity contribution in [1.82, 2.24) is 0 Å². The number of hydrogen-bond donors (Lipinski definition) is 0. The SMILES string of the molecule is C1CC2(COC2)S1. The summed E-state index contributed by atoms with van der Waals surface area (Å²) in [6.07, 6.45) is 1.40. The van der Waals surface area contributed by atoms with E-state index in [1.807, 2.05) is 0 Å².